The minimum absolute atomic E-state index is 0.0314. The molecule has 0 saturated carbocycles. The number of hydrogen-bond donors (Lipinski definition) is 1. The van der Waals surface area contributed by atoms with Gasteiger partial charge in [0.2, 0.25) is 5.91 Å². The van der Waals surface area contributed by atoms with Gasteiger partial charge in [0, 0.05) is 19.0 Å². The van der Waals surface area contributed by atoms with Gasteiger partial charge in [-0.15, -0.1) is 11.3 Å². The van der Waals surface area contributed by atoms with Crippen LogP contribution in [0.25, 0.3) is 0 Å². The minimum atomic E-state index is -0.213. The Morgan fingerprint density at radius 1 is 1.28 bits per heavy atom. The van der Waals surface area contributed by atoms with Gasteiger partial charge >= 0.3 is 0 Å². The number of likely N-dealkylation sites (tertiary alicyclic amines) is 1. The van der Waals surface area contributed by atoms with Crippen molar-refractivity contribution in [2.24, 2.45) is 0 Å². The van der Waals surface area contributed by atoms with Crippen LogP contribution in [0.4, 0.5) is 0 Å². The van der Waals surface area contributed by atoms with Crippen LogP contribution >= 0.6 is 27.3 Å². The molecule has 0 radical (unpaired) electrons. The zero-order valence-electron chi connectivity index (χ0n) is 13.8. The average molecular weight is 423 g/mol. The summed E-state index contributed by atoms with van der Waals surface area (Å²) in [7, 11) is 1.65. The number of hydrogen-bond acceptors (Lipinski definition) is 4. The van der Waals surface area contributed by atoms with Crippen molar-refractivity contribution in [3.63, 3.8) is 0 Å². The number of carbonyl (C=O) groups excluding carboxylic acids is 2. The maximum Gasteiger partial charge on any atom is 0.261 e. The lowest BCUT2D eigenvalue weighted by atomic mass is 9.98. The van der Waals surface area contributed by atoms with E-state index in [1.807, 2.05) is 35.2 Å². The maximum absolute atomic E-state index is 12.3. The number of ether oxygens (including phenoxy) is 1. The molecule has 1 unspecified atom stereocenters. The molecule has 132 valence electrons. The molecular formula is C18H19BrN2O3S. The molecule has 0 bridgehead atoms. The maximum atomic E-state index is 12.3. The topological polar surface area (TPSA) is 58.6 Å². The van der Waals surface area contributed by atoms with Gasteiger partial charge in [0.25, 0.3) is 5.91 Å². The highest BCUT2D eigenvalue weighted by molar-refractivity contribution is 9.11. The minimum Gasteiger partial charge on any atom is -0.497 e. The van der Waals surface area contributed by atoms with Crippen molar-refractivity contribution in [1.82, 2.24) is 10.2 Å². The Balaban J connectivity index is 1.51. The van der Waals surface area contributed by atoms with E-state index in [4.69, 9.17) is 4.74 Å². The van der Waals surface area contributed by atoms with E-state index >= 15 is 0 Å². The Morgan fingerprint density at radius 2 is 2.04 bits per heavy atom. The van der Waals surface area contributed by atoms with Gasteiger partial charge in [-0.2, -0.15) is 0 Å². The molecule has 0 spiro atoms. The third-order valence-electron chi connectivity index (χ3n) is 4.33. The summed E-state index contributed by atoms with van der Waals surface area (Å²) in [5, 5.41) is 2.70. The fraction of sp³-hybridized carbons (Fsp3) is 0.333. The standard InChI is InChI=1S/C18H19BrN2O3S/c1-24-14-4-2-12(3-5-14)13-8-9-21(11-13)17(22)10-20-18(23)15-6-7-16(19)25-15/h2-7,13H,8-11H2,1H3,(H,20,23). The number of rotatable bonds is 5. The smallest absolute Gasteiger partial charge is 0.261 e. The molecular weight excluding hydrogens is 404 g/mol. The molecule has 2 aromatic rings. The van der Waals surface area contributed by atoms with Crippen molar-refractivity contribution in [2.75, 3.05) is 26.7 Å². The lowest BCUT2D eigenvalue weighted by Gasteiger charge is -2.17. The van der Waals surface area contributed by atoms with Crippen LogP contribution in [-0.4, -0.2) is 43.5 Å². The number of methoxy groups -OCH3 is 1. The number of nitrogens with zero attached hydrogens (tertiary/aromatic N) is 1. The van der Waals surface area contributed by atoms with Crippen LogP contribution in [0.2, 0.25) is 0 Å². The first kappa shape index (κ1) is 17.9. The zero-order valence-corrected chi connectivity index (χ0v) is 16.2. The number of thiophene rings is 1. The van der Waals surface area contributed by atoms with Crippen molar-refractivity contribution in [3.8, 4) is 5.75 Å². The summed E-state index contributed by atoms with van der Waals surface area (Å²) < 4.78 is 6.07. The molecule has 1 aromatic carbocycles. The Hall–Kier alpha value is -1.86. The summed E-state index contributed by atoms with van der Waals surface area (Å²) in [6, 6.07) is 11.5. The molecule has 1 aliphatic rings. The van der Waals surface area contributed by atoms with Gasteiger partial charge in [-0.25, -0.2) is 0 Å². The summed E-state index contributed by atoms with van der Waals surface area (Å²) in [6.07, 6.45) is 0.934. The number of halogens is 1. The second kappa shape index (κ2) is 8.01. The molecule has 25 heavy (non-hydrogen) atoms. The molecule has 5 nitrogen and oxygen atoms in total. The second-order valence-corrected chi connectivity index (χ2v) is 8.35. The van der Waals surface area contributed by atoms with E-state index in [0.29, 0.717) is 17.3 Å². The first-order chi connectivity index (χ1) is 12.1. The number of carbonyl (C=O) groups is 2. The van der Waals surface area contributed by atoms with Gasteiger partial charge in [-0.1, -0.05) is 12.1 Å². The van der Waals surface area contributed by atoms with Gasteiger partial charge in [0.15, 0.2) is 0 Å². The lowest BCUT2D eigenvalue weighted by molar-refractivity contribution is -0.129. The molecule has 1 N–H and O–H groups in total. The predicted molar refractivity (Wildman–Crippen MR) is 101 cm³/mol. The first-order valence-corrected chi connectivity index (χ1v) is 9.63. The van der Waals surface area contributed by atoms with E-state index < -0.39 is 0 Å². The monoisotopic (exact) mass is 422 g/mol. The number of amides is 2. The molecule has 2 heterocycles. The Morgan fingerprint density at radius 3 is 2.68 bits per heavy atom. The van der Waals surface area contributed by atoms with Crippen LogP contribution in [0.1, 0.15) is 27.6 Å². The highest BCUT2D eigenvalue weighted by atomic mass is 79.9. The predicted octanol–water partition coefficient (Wildman–Crippen LogP) is 3.27. The normalized spacial score (nSPS) is 16.7. The van der Waals surface area contributed by atoms with Gasteiger partial charge in [0.05, 0.1) is 22.3 Å². The molecule has 3 rings (SSSR count). The average Bonchev–Trinajstić information content (AvgIpc) is 3.29. The van der Waals surface area contributed by atoms with E-state index in [-0.39, 0.29) is 18.4 Å². The highest BCUT2D eigenvalue weighted by Gasteiger charge is 2.27. The molecule has 1 atom stereocenters. The van der Waals surface area contributed by atoms with Gasteiger partial charge < -0.3 is 15.0 Å². The van der Waals surface area contributed by atoms with Crippen LogP contribution in [0.5, 0.6) is 5.75 Å². The van der Waals surface area contributed by atoms with Crippen LogP contribution in [0.15, 0.2) is 40.2 Å². The van der Waals surface area contributed by atoms with Crippen LogP contribution in [0, 0.1) is 0 Å². The molecule has 1 fully saturated rings. The van der Waals surface area contributed by atoms with E-state index in [9.17, 15) is 9.59 Å². The largest absolute Gasteiger partial charge is 0.497 e. The quantitative estimate of drug-likeness (QED) is 0.803. The van der Waals surface area contributed by atoms with Crippen molar-refractivity contribution in [1.29, 1.82) is 0 Å². The Kier molecular flexibility index (Phi) is 5.75. The summed E-state index contributed by atoms with van der Waals surface area (Å²) in [6.45, 7) is 1.44. The van der Waals surface area contributed by atoms with E-state index in [2.05, 4.69) is 21.2 Å². The zero-order chi connectivity index (χ0) is 17.8. The molecule has 1 aromatic heterocycles. The third kappa shape index (κ3) is 4.41. The third-order valence-corrected chi connectivity index (χ3v) is 5.95. The highest BCUT2D eigenvalue weighted by Crippen LogP contribution is 2.28. The summed E-state index contributed by atoms with van der Waals surface area (Å²) in [5.41, 5.74) is 1.21. The fourth-order valence-electron chi connectivity index (χ4n) is 2.93. The number of benzene rings is 1. The fourth-order valence-corrected chi connectivity index (χ4v) is 4.23. The molecule has 0 aliphatic carbocycles. The van der Waals surface area contributed by atoms with Gasteiger partial charge in [-0.3, -0.25) is 9.59 Å². The SMILES string of the molecule is COc1ccc(C2CCN(C(=O)CNC(=O)c3ccc(Br)s3)C2)cc1. The van der Waals surface area contributed by atoms with Crippen molar-refractivity contribution in [3.05, 3.63) is 50.6 Å². The van der Waals surface area contributed by atoms with E-state index in [0.717, 1.165) is 22.5 Å². The van der Waals surface area contributed by atoms with Crippen LogP contribution in [-0.2, 0) is 4.79 Å². The first-order valence-electron chi connectivity index (χ1n) is 8.02. The van der Waals surface area contributed by atoms with Crippen molar-refractivity contribution in [2.45, 2.75) is 12.3 Å². The van der Waals surface area contributed by atoms with Gasteiger partial charge in [-0.05, 0) is 52.2 Å². The molecule has 7 heteroatoms. The molecule has 1 aliphatic heterocycles. The van der Waals surface area contributed by atoms with Crippen molar-refractivity contribution >= 4 is 39.1 Å². The van der Waals surface area contributed by atoms with Crippen molar-refractivity contribution < 1.29 is 14.3 Å². The lowest BCUT2D eigenvalue weighted by Crippen LogP contribution is -2.38. The molecule has 1 saturated heterocycles. The molecule has 2 amide bonds. The van der Waals surface area contributed by atoms with Gasteiger partial charge in [0.1, 0.15) is 5.75 Å². The second-order valence-electron chi connectivity index (χ2n) is 5.88. The van der Waals surface area contributed by atoms with Crippen LogP contribution < -0.4 is 10.1 Å². The van der Waals surface area contributed by atoms with Crippen LogP contribution in [0.3, 0.4) is 0 Å². The summed E-state index contributed by atoms with van der Waals surface area (Å²) in [5.74, 6) is 0.909. The van der Waals surface area contributed by atoms with E-state index in [1.54, 1.807) is 13.2 Å². The Bertz CT molecular complexity index is 760. The Labute approximate surface area is 159 Å². The summed E-state index contributed by atoms with van der Waals surface area (Å²) >= 11 is 4.68. The summed E-state index contributed by atoms with van der Waals surface area (Å²) in [4.78, 5) is 26.8. The van der Waals surface area contributed by atoms with E-state index in [1.165, 1.54) is 16.9 Å². The number of nitrogens with one attached hydrogen (secondary N) is 1.